The number of Topliss-reactive ketones (excluding diaryl/α,β-unsaturated/α-hetero) is 1. The summed E-state index contributed by atoms with van der Waals surface area (Å²) in [6.07, 6.45) is 2.79. The minimum atomic E-state index is -0.286. The molecule has 0 spiro atoms. The number of rotatable bonds is 3. The number of hydrogen-bond donors (Lipinski definition) is 0. The molecular weight excluding hydrogens is 381 g/mol. The van der Waals surface area contributed by atoms with E-state index in [-0.39, 0.29) is 17.5 Å². The van der Waals surface area contributed by atoms with Crippen LogP contribution in [0.2, 0.25) is 0 Å². The van der Waals surface area contributed by atoms with Crippen molar-refractivity contribution in [2.45, 2.75) is 25.7 Å². The summed E-state index contributed by atoms with van der Waals surface area (Å²) in [6.45, 7) is 1.91. The van der Waals surface area contributed by atoms with Crippen LogP contribution in [0.4, 0.5) is 4.39 Å². The van der Waals surface area contributed by atoms with Gasteiger partial charge in [-0.2, -0.15) is 5.10 Å². The van der Waals surface area contributed by atoms with Gasteiger partial charge in [0.25, 0.3) is 0 Å². The Bertz CT molecular complexity index is 1260. The highest BCUT2D eigenvalue weighted by Gasteiger charge is 2.30. The molecule has 0 amide bonds. The highest BCUT2D eigenvalue weighted by molar-refractivity contribution is 5.99. The van der Waals surface area contributed by atoms with E-state index in [1.165, 1.54) is 12.1 Å². The minimum absolute atomic E-state index is 0.0697. The summed E-state index contributed by atoms with van der Waals surface area (Å²) >= 11 is 0. The van der Waals surface area contributed by atoms with Crippen LogP contribution in [0, 0.1) is 12.7 Å². The molecule has 2 heterocycles. The predicted molar refractivity (Wildman–Crippen MR) is 112 cm³/mol. The molecule has 1 aliphatic carbocycles. The molecule has 0 radical (unpaired) electrons. The van der Waals surface area contributed by atoms with Crippen molar-refractivity contribution in [2.75, 3.05) is 7.11 Å². The molecule has 5 nitrogen and oxygen atoms in total. The molecule has 0 aliphatic heterocycles. The molecule has 0 N–H and O–H groups in total. The Morgan fingerprint density at radius 1 is 1.07 bits per heavy atom. The lowest BCUT2D eigenvalue weighted by Gasteiger charge is -2.24. The zero-order chi connectivity index (χ0) is 20.8. The van der Waals surface area contributed by atoms with Gasteiger partial charge in [0.15, 0.2) is 11.4 Å². The van der Waals surface area contributed by atoms with Gasteiger partial charge in [-0.05, 0) is 54.7 Å². The van der Waals surface area contributed by atoms with Crippen molar-refractivity contribution >= 4 is 11.4 Å². The van der Waals surface area contributed by atoms with Gasteiger partial charge in [0.2, 0.25) is 0 Å². The van der Waals surface area contributed by atoms with Gasteiger partial charge in [0.05, 0.1) is 24.1 Å². The number of carbonyl (C=O) groups excluding carboxylic acids is 1. The molecule has 2 aromatic heterocycles. The molecule has 0 unspecified atom stereocenters. The molecule has 0 saturated carbocycles. The first-order valence-corrected chi connectivity index (χ1v) is 9.85. The van der Waals surface area contributed by atoms with Crippen molar-refractivity contribution in [1.29, 1.82) is 0 Å². The van der Waals surface area contributed by atoms with Crippen LogP contribution in [0.5, 0.6) is 5.75 Å². The summed E-state index contributed by atoms with van der Waals surface area (Å²) in [5, 5.41) is 4.70. The highest BCUT2D eigenvalue weighted by Crippen LogP contribution is 2.35. The van der Waals surface area contributed by atoms with Crippen LogP contribution in [0.15, 0.2) is 54.7 Å². The van der Waals surface area contributed by atoms with Gasteiger partial charge in [0, 0.05) is 18.2 Å². The second kappa shape index (κ2) is 7.06. The summed E-state index contributed by atoms with van der Waals surface area (Å²) in [7, 11) is 1.64. The fourth-order valence-corrected chi connectivity index (χ4v) is 4.27. The molecule has 150 valence electrons. The van der Waals surface area contributed by atoms with Gasteiger partial charge in [-0.25, -0.2) is 13.9 Å². The van der Waals surface area contributed by atoms with Gasteiger partial charge < -0.3 is 4.74 Å². The molecule has 2 aromatic carbocycles. The maximum absolute atomic E-state index is 13.4. The third kappa shape index (κ3) is 2.96. The van der Waals surface area contributed by atoms with Crippen molar-refractivity contribution in [1.82, 2.24) is 14.6 Å². The minimum Gasteiger partial charge on any atom is -0.497 e. The molecule has 5 rings (SSSR count). The van der Waals surface area contributed by atoms with Gasteiger partial charge in [-0.15, -0.1) is 0 Å². The third-order valence-corrected chi connectivity index (χ3v) is 5.81. The maximum Gasteiger partial charge on any atom is 0.166 e. The van der Waals surface area contributed by atoms with Crippen LogP contribution in [0.1, 0.15) is 39.6 Å². The first-order chi connectivity index (χ1) is 14.5. The van der Waals surface area contributed by atoms with E-state index >= 15 is 0 Å². The number of benzene rings is 2. The lowest BCUT2D eigenvalue weighted by atomic mass is 9.82. The first-order valence-electron chi connectivity index (χ1n) is 9.85. The van der Waals surface area contributed by atoms with E-state index in [9.17, 15) is 9.18 Å². The second-order valence-electron chi connectivity index (χ2n) is 7.62. The Labute approximate surface area is 173 Å². The summed E-state index contributed by atoms with van der Waals surface area (Å²) < 4.78 is 20.4. The fourth-order valence-electron chi connectivity index (χ4n) is 4.27. The fraction of sp³-hybridized carbons (Fsp3) is 0.208. The standard InChI is InChI=1S/C24H20FN3O2/c1-14-23(16-3-7-18(25)8-4-16)24-26-13-20-21(28(24)27-14)11-17(12-22(20)29)15-5-9-19(30-2)10-6-15/h3-10,13,17H,11-12H2,1-2H3/t17-/m1/s1. The average Bonchev–Trinajstić information content (AvgIpc) is 3.10. The molecular formula is C24H20FN3O2. The van der Waals surface area contributed by atoms with Crippen LogP contribution in [0.25, 0.3) is 16.8 Å². The van der Waals surface area contributed by atoms with Gasteiger partial charge >= 0.3 is 0 Å². The molecule has 0 bridgehead atoms. The number of aromatic nitrogens is 3. The molecule has 1 aliphatic rings. The maximum atomic E-state index is 13.4. The third-order valence-electron chi connectivity index (χ3n) is 5.81. The quantitative estimate of drug-likeness (QED) is 0.496. The van der Waals surface area contributed by atoms with Crippen LogP contribution in [-0.4, -0.2) is 27.5 Å². The molecule has 30 heavy (non-hydrogen) atoms. The predicted octanol–water partition coefficient (Wildman–Crippen LogP) is 4.77. The largest absolute Gasteiger partial charge is 0.497 e. The average molecular weight is 401 g/mol. The molecule has 0 fully saturated rings. The van der Waals surface area contributed by atoms with Gasteiger partial charge in [-0.3, -0.25) is 4.79 Å². The van der Waals surface area contributed by atoms with E-state index in [0.29, 0.717) is 24.1 Å². The number of nitrogens with zero attached hydrogens (tertiary/aromatic N) is 3. The van der Waals surface area contributed by atoms with E-state index in [2.05, 4.69) is 4.98 Å². The highest BCUT2D eigenvalue weighted by atomic mass is 19.1. The monoisotopic (exact) mass is 401 g/mol. The molecule has 1 atom stereocenters. The number of fused-ring (bicyclic) bond motifs is 3. The zero-order valence-corrected chi connectivity index (χ0v) is 16.7. The van der Waals surface area contributed by atoms with Crippen molar-refractivity contribution in [3.8, 4) is 16.9 Å². The summed E-state index contributed by atoms with van der Waals surface area (Å²) in [5.74, 6) is 0.647. The Hall–Kier alpha value is -3.54. The molecule has 4 aromatic rings. The smallest absolute Gasteiger partial charge is 0.166 e. The van der Waals surface area contributed by atoms with E-state index in [0.717, 1.165) is 33.8 Å². The van der Waals surface area contributed by atoms with E-state index in [1.807, 2.05) is 31.2 Å². The summed E-state index contributed by atoms with van der Waals surface area (Å²) in [6, 6.07) is 14.2. The Balaban J connectivity index is 1.61. The topological polar surface area (TPSA) is 56.5 Å². The van der Waals surface area contributed by atoms with E-state index in [1.54, 1.807) is 30.0 Å². The molecule has 6 heteroatoms. The van der Waals surface area contributed by atoms with Crippen LogP contribution in [-0.2, 0) is 6.42 Å². The summed E-state index contributed by atoms with van der Waals surface area (Å²) in [5.41, 5.74) is 5.78. The first kappa shape index (κ1) is 18.5. The van der Waals surface area contributed by atoms with Crippen LogP contribution < -0.4 is 4.74 Å². The second-order valence-corrected chi connectivity index (χ2v) is 7.62. The van der Waals surface area contributed by atoms with Gasteiger partial charge in [-0.1, -0.05) is 24.3 Å². The van der Waals surface area contributed by atoms with Crippen LogP contribution >= 0.6 is 0 Å². The van der Waals surface area contributed by atoms with Crippen molar-refractivity contribution in [2.24, 2.45) is 0 Å². The summed E-state index contributed by atoms with van der Waals surface area (Å²) in [4.78, 5) is 17.4. The Morgan fingerprint density at radius 3 is 2.50 bits per heavy atom. The van der Waals surface area contributed by atoms with Crippen molar-refractivity contribution < 1.29 is 13.9 Å². The zero-order valence-electron chi connectivity index (χ0n) is 16.7. The Morgan fingerprint density at radius 2 is 1.80 bits per heavy atom. The molecule has 0 saturated heterocycles. The lowest BCUT2D eigenvalue weighted by Crippen LogP contribution is -2.22. The SMILES string of the molecule is COc1ccc([C@H]2CC(=O)c3cnc4c(-c5ccc(F)cc5)c(C)nn4c3C2)cc1. The van der Waals surface area contributed by atoms with E-state index in [4.69, 9.17) is 9.84 Å². The Kier molecular flexibility index (Phi) is 4.35. The normalized spacial score (nSPS) is 16.0. The van der Waals surface area contributed by atoms with Crippen LogP contribution in [0.3, 0.4) is 0 Å². The number of aryl methyl sites for hydroxylation is 1. The van der Waals surface area contributed by atoms with Crippen molar-refractivity contribution in [3.05, 3.63) is 83.1 Å². The number of carbonyl (C=O) groups is 1. The number of hydrogen-bond acceptors (Lipinski definition) is 4. The van der Waals surface area contributed by atoms with Gasteiger partial charge in [0.1, 0.15) is 11.6 Å². The number of ketones is 1. The number of methoxy groups -OCH3 is 1. The number of ether oxygens (including phenoxy) is 1. The van der Waals surface area contributed by atoms with Crippen molar-refractivity contribution in [3.63, 3.8) is 0 Å². The van der Waals surface area contributed by atoms with E-state index < -0.39 is 0 Å². The lowest BCUT2D eigenvalue weighted by molar-refractivity contribution is 0.0962. The number of halogens is 1.